The molecule has 1 aromatic rings. The van der Waals surface area contributed by atoms with Gasteiger partial charge < -0.3 is 21.3 Å². The van der Waals surface area contributed by atoms with Gasteiger partial charge in [-0.15, -0.1) is 4.48 Å². The first-order valence-corrected chi connectivity index (χ1v) is 10.8. The van der Waals surface area contributed by atoms with Crippen molar-refractivity contribution in [3.05, 3.63) is 35.9 Å². The van der Waals surface area contributed by atoms with Crippen LogP contribution in [0.2, 0.25) is 0 Å². The number of likely N-dealkylation sites (tertiary alicyclic amines) is 1. The van der Waals surface area contributed by atoms with E-state index >= 15 is 0 Å². The van der Waals surface area contributed by atoms with E-state index in [4.69, 9.17) is 5.73 Å². The number of nitrogens with two attached hydrogens (primary N) is 1. The highest BCUT2D eigenvalue weighted by Crippen LogP contribution is 2.29. The highest BCUT2D eigenvalue weighted by atomic mass is 16.4. The fourth-order valence-corrected chi connectivity index (χ4v) is 4.23. The van der Waals surface area contributed by atoms with Crippen molar-refractivity contribution >= 4 is 18.0 Å². The molecule has 1 aliphatic rings. The summed E-state index contributed by atoms with van der Waals surface area (Å²) in [6.45, 7) is 2.42. The van der Waals surface area contributed by atoms with Crippen molar-refractivity contribution in [1.82, 2.24) is 10.2 Å². The van der Waals surface area contributed by atoms with Crippen LogP contribution in [0.3, 0.4) is 0 Å². The molecule has 31 heavy (non-hydrogen) atoms. The van der Waals surface area contributed by atoms with Crippen LogP contribution < -0.4 is 11.1 Å². The SMILES string of the molecule is C[C@@H]1CCC[N+]1(C(=O)O)C(=O)N(C)CC(O)C(CCCCN)NC(=O)c1ccccc1. The summed E-state index contributed by atoms with van der Waals surface area (Å²) in [6.07, 6.45) is 1.04. The minimum atomic E-state index is -1.17. The number of nitrogens with zero attached hydrogens (tertiary/aromatic N) is 2. The molecule has 5 N–H and O–H groups in total. The van der Waals surface area contributed by atoms with Gasteiger partial charge in [0.25, 0.3) is 5.91 Å². The molecule has 9 heteroatoms. The van der Waals surface area contributed by atoms with Gasteiger partial charge in [-0.2, -0.15) is 4.79 Å². The highest BCUT2D eigenvalue weighted by Gasteiger charge is 2.54. The molecule has 0 radical (unpaired) electrons. The number of carbonyl (C=O) groups is 3. The maximum Gasteiger partial charge on any atom is 0.523 e. The topological polar surface area (TPSA) is 133 Å². The summed E-state index contributed by atoms with van der Waals surface area (Å²) in [7, 11) is 1.50. The number of aliphatic hydroxyl groups is 1. The number of quaternary nitrogens is 1. The second-order valence-corrected chi connectivity index (χ2v) is 8.33. The van der Waals surface area contributed by atoms with Gasteiger partial charge in [0.1, 0.15) is 6.04 Å². The number of likely N-dealkylation sites (N-methyl/N-ethyl adjacent to an activating group) is 1. The lowest BCUT2D eigenvalue weighted by atomic mass is 10.0. The van der Waals surface area contributed by atoms with Crippen LogP contribution >= 0.6 is 0 Å². The quantitative estimate of drug-likeness (QED) is 0.346. The van der Waals surface area contributed by atoms with Crippen molar-refractivity contribution in [2.24, 2.45) is 5.73 Å². The lowest BCUT2D eigenvalue weighted by Gasteiger charge is -2.34. The maximum atomic E-state index is 13.1. The molecule has 9 nitrogen and oxygen atoms in total. The van der Waals surface area contributed by atoms with Crippen molar-refractivity contribution in [1.29, 1.82) is 0 Å². The number of nitrogens with one attached hydrogen (secondary N) is 1. The predicted molar refractivity (Wildman–Crippen MR) is 116 cm³/mol. The van der Waals surface area contributed by atoms with E-state index in [1.165, 1.54) is 11.9 Å². The van der Waals surface area contributed by atoms with Crippen LogP contribution in [0, 0.1) is 0 Å². The summed E-state index contributed by atoms with van der Waals surface area (Å²) in [5, 5.41) is 23.5. The third kappa shape index (κ3) is 5.81. The molecule has 0 aromatic heterocycles. The van der Waals surface area contributed by atoms with Gasteiger partial charge >= 0.3 is 12.1 Å². The number of hydrogen-bond donors (Lipinski definition) is 4. The molecule has 4 amide bonds. The Bertz CT molecular complexity index is 760. The van der Waals surface area contributed by atoms with Crippen LogP contribution in [0.25, 0.3) is 0 Å². The lowest BCUT2D eigenvalue weighted by molar-refractivity contribution is -0.791. The molecule has 0 saturated carbocycles. The van der Waals surface area contributed by atoms with E-state index in [0.29, 0.717) is 37.8 Å². The molecule has 1 aliphatic heterocycles. The van der Waals surface area contributed by atoms with Gasteiger partial charge in [0.05, 0.1) is 25.2 Å². The number of imide groups is 1. The van der Waals surface area contributed by atoms with Crippen molar-refractivity contribution < 1.29 is 29.1 Å². The molecule has 1 heterocycles. The molecule has 3 unspecified atom stereocenters. The molecule has 172 valence electrons. The van der Waals surface area contributed by atoms with E-state index in [-0.39, 0.29) is 25.0 Å². The first kappa shape index (κ1) is 24.8. The summed E-state index contributed by atoms with van der Waals surface area (Å²) in [5.41, 5.74) is 6.05. The summed E-state index contributed by atoms with van der Waals surface area (Å²) < 4.78 is -0.655. The van der Waals surface area contributed by atoms with E-state index in [1.54, 1.807) is 31.2 Å². The standard InChI is InChI=1S/C22H34N4O5/c1-16-9-8-14-26(16,22(30)31)21(29)25(2)15-19(27)18(12-6-7-13-23)24-20(28)17-10-4-3-5-11-17/h3-5,10-11,16,18-19,27H,6-9,12-15,23H2,1-2H3,(H-,24,28,30,31)/p+1/t16-,18?,19?,26?/m1/s1. The molecular weight excluding hydrogens is 400 g/mol. The van der Waals surface area contributed by atoms with Crippen LogP contribution in [-0.4, -0.2) is 82.5 Å². The summed E-state index contributed by atoms with van der Waals surface area (Å²) in [4.78, 5) is 38.9. The zero-order valence-corrected chi connectivity index (χ0v) is 18.4. The zero-order chi connectivity index (χ0) is 23.0. The number of hydrogen-bond acceptors (Lipinski definition) is 5. The number of carboxylic acid groups (broad SMARTS) is 1. The molecule has 0 spiro atoms. The first-order chi connectivity index (χ1) is 14.7. The zero-order valence-electron chi connectivity index (χ0n) is 18.4. The van der Waals surface area contributed by atoms with E-state index in [2.05, 4.69) is 5.32 Å². The molecule has 1 saturated heterocycles. The second kappa shape index (κ2) is 11.2. The molecule has 0 bridgehead atoms. The van der Waals surface area contributed by atoms with Gasteiger partial charge in [0, 0.05) is 25.5 Å². The van der Waals surface area contributed by atoms with Crippen LogP contribution in [0.1, 0.15) is 49.4 Å². The Morgan fingerprint density at radius 2 is 1.94 bits per heavy atom. The minimum Gasteiger partial charge on any atom is -0.435 e. The van der Waals surface area contributed by atoms with Crippen molar-refractivity contribution in [3.63, 3.8) is 0 Å². The van der Waals surface area contributed by atoms with Crippen molar-refractivity contribution in [3.8, 4) is 0 Å². The first-order valence-electron chi connectivity index (χ1n) is 10.8. The van der Waals surface area contributed by atoms with Crippen molar-refractivity contribution in [2.75, 3.05) is 26.7 Å². The highest BCUT2D eigenvalue weighted by molar-refractivity contribution is 5.94. The third-order valence-corrected chi connectivity index (χ3v) is 6.14. The summed E-state index contributed by atoms with van der Waals surface area (Å²) >= 11 is 0. The number of carbonyl (C=O) groups excluding carboxylic acids is 2. The fourth-order valence-electron chi connectivity index (χ4n) is 4.23. The number of amides is 4. The number of unbranched alkanes of at least 4 members (excludes halogenated alkanes) is 1. The monoisotopic (exact) mass is 435 g/mol. The number of rotatable bonds is 9. The van der Waals surface area contributed by atoms with Gasteiger partial charge in [-0.3, -0.25) is 9.69 Å². The van der Waals surface area contributed by atoms with E-state index in [9.17, 15) is 24.6 Å². The van der Waals surface area contributed by atoms with E-state index in [1.807, 2.05) is 6.07 Å². The minimum absolute atomic E-state index is 0.0821. The fraction of sp³-hybridized carbons (Fsp3) is 0.591. The molecule has 4 atom stereocenters. The number of benzene rings is 1. The Hall–Kier alpha value is -2.49. The van der Waals surface area contributed by atoms with Gasteiger partial charge in [-0.1, -0.05) is 24.6 Å². The molecule has 1 aromatic carbocycles. The molecular formula is C22H35N4O5+. The Balaban J connectivity index is 2.10. The van der Waals surface area contributed by atoms with E-state index in [0.717, 1.165) is 6.42 Å². The molecule has 0 aliphatic carbocycles. The normalized spacial score (nSPS) is 22.5. The maximum absolute atomic E-state index is 13.1. The number of urea groups is 1. The second-order valence-electron chi connectivity index (χ2n) is 8.33. The third-order valence-electron chi connectivity index (χ3n) is 6.14. The Morgan fingerprint density at radius 1 is 1.26 bits per heavy atom. The molecule has 2 rings (SSSR count). The average Bonchev–Trinajstić information content (AvgIpc) is 3.15. The van der Waals surface area contributed by atoms with Crippen LogP contribution in [0.5, 0.6) is 0 Å². The van der Waals surface area contributed by atoms with Crippen LogP contribution in [0.4, 0.5) is 9.59 Å². The Kier molecular flexibility index (Phi) is 8.97. The largest absolute Gasteiger partial charge is 0.523 e. The van der Waals surface area contributed by atoms with Gasteiger partial charge in [-0.25, -0.2) is 4.79 Å². The number of aliphatic hydroxyl groups excluding tert-OH is 1. The van der Waals surface area contributed by atoms with E-state index < -0.39 is 28.8 Å². The average molecular weight is 436 g/mol. The molecule has 1 fully saturated rings. The van der Waals surface area contributed by atoms with Gasteiger partial charge in [0.15, 0.2) is 0 Å². The Morgan fingerprint density at radius 3 is 2.48 bits per heavy atom. The van der Waals surface area contributed by atoms with Crippen LogP contribution in [0.15, 0.2) is 30.3 Å². The Labute approximate surface area is 183 Å². The van der Waals surface area contributed by atoms with Crippen LogP contribution in [-0.2, 0) is 0 Å². The summed E-state index contributed by atoms with van der Waals surface area (Å²) in [6, 6.07) is 7.22. The van der Waals surface area contributed by atoms with Gasteiger partial charge in [-0.05, 0) is 38.4 Å². The van der Waals surface area contributed by atoms with Crippen molar-refractivity contribution in [2.45, 2.75) is 57.2 Å². The smallest absolute Gasteiger partial charge is 0.435 e. The lowest BCUT2D eigenvalue weighted by Crippen LogP contribution is -2.63. The predicted octanol–water partition coefficient (Wildman–Crippen LogP) is 2.00. The summed E-state index contributed by atoms with van der Waals surface area (Å²) in [5.74, 6) is -0.311. The van der Waals surface area contributed by atoms with Gasteiger partial charge in [0.2, 0.25) is 0 Å².